The standard InChI is InChI=1S/C18H34N4O2/c1-14(23)21-8-6-7-15(11-21)18(24)22-12-16(9-19(2)3)17(13-22)10-20(4)5/h15-17H,6-13H2,1-5H3/t15?,16-,17-/m1/s1. The fourth-order valence-electron chi connectivity index (χ4n) is 4.19. The van der Waals surface area contributed by atoms with Gasteiger partial charge in [-0.05, 0) is 52.9 Å². The second kappa shape index (κ2) is 8.30. The molecular formula is C18H34N4O2. The lowest BCUT2D eigenvalue weighted by molar-refractivity contribution is -0.139. The summed E-state index contributed by atoms with van der Waals surface area (Å²) in [6, 6.07) is 0. The number of hydrogen-bond acceptors (Lipinski definition) is 4. The molecule has 6 heteroatoms. The molecule has 2 aliphatic rings. The Labute approximate surface area is 146 Å². The Morgan fingerprint density at radius 2 is 1.46 bits per heavy atom. The van der Waals surface area contributed by atoms with Gasteiger partial charge in [0.2, 0.25) is 11.8 Å². The van der Waals surface area contributed by atoms with Crippen LogP contribution < -0.4 is 0 Å². The number of hydrogen-bond donors (Lipinski definition) is 0. The second-order valence-corrected chi connectivity index (χ2v) is 8.09. The zero-order valence-corrected chi connectivity index (χ0v) is 16.0. The maximum absolute atomic E-state index is 13.0. The van der Waals surface area contributed by atoms with Crippen molar-refractivity contribution in [2.75, 3.05) is 67.5 Å². The molecule has 0 aliphatic carbocycles. The third-order valence-corrected chi connectivity index (χ3v) is 5.30. The molecule has 0 saturated carbocycles. The van der Waals surface area contributed by atoms with E-state index in [1.807, 2.05) is 4.90 Å². The van der Waals surface area contributed by atoms with E-state index in [0.717, 1.165) is 45.6 Å². The lowest BCUT2D eigenvalue weighted by Gasteiger charge is -2.33. The molecule has 0 bridgehead atoms. The highest BCUT2D eigenvalue weighted by atomic mass is 16.2. The fraction of sp³-hybridized carbons (Fsp3) is 0.889. The Balaban J connectivity index is 2.00. The van der Waals surface area contributed by atoms with E-state index in [-0.39, 0.29) is 17.7 Å². The number of rotatable bonds is 5. The largest absolute Gasteiger partial charge is 0.342 e. The fourth-order valence-corrected chi connectivity index (χ4v) is 4.19. The van der Waals surface area contributed by atoms with Crippen LogP contribution >= 0.6 is 0 Å². The summed E-state index contributed by atoms with van der Waals surface area (Å²) in [5.41, 5.74) is 0. The van der Waals surface area contributed by atoms with Crippen LogP contribution in [0.4, 0.5) is 0 Å². The van der Waals surface area contributed by atoms with Crippen molar-refractivity contribution in [3.8, 4) is 0 Å². The van der Waals surface area contributed by atoms with Gasteiger partial charge in [-0.15, -0.1) is 0 Å². The van der Waals surface area contributed by atoms with E-state index < -0.39 is 0 Å². The minimum absolute atomic E-state index is 0.0132. The first kappa shape index (κ1) is 19.2. The maximum Gasteiger partial charge on any atom is 0.227 e. The van der Waals surface area contributed by atoms with Crippen LogP contribution in [-0.2, 0) is 9.59 Å². The van der Waals surface area contributed by atoms with Crippen LogP contribution in [0.25, 0.3) is 0 Å². The first-order valence-corrected chi connectivity index (χ1v) is 9.11. The number of carbonyl (C=O) groups is 2. The van der Waals surface area contributed by atoms with Crippen molar-refractivity contribution < 1.29 is 9.59 Å². The first-order valence-electron chi connectivity index (χ1n) is 9.11. The van der Waals surface area contributed by atoms with Crippen LogP contribution in [0.2, 0.25) is 0 Å². The Morgan fingerprint density at radius 3 is 1.92 bits per heavy atom. The summed E-state index contributed by atoms with van der Waals surface area (Å²) in [6.45, 7) is 6.74. The quantitative estimate of drug-likeness (QED) is 0.730. The minimum atomic E-state index is -0.0132. The van der Waals surface area contributed by atoms with E-state index >= 15 is 0 Å². The van der Waals surface area contributed by atoms with E-state index in [1.165, 1.54) is 0 Å². The molecule has 138 valence electrons. The molecule has 2 amide bonds. The van der Waals surface area contributed by atoms with Gasteiger partial charge in [0.05, 0.1) is 5.92 Å². The summed E-state index contributed by atoms with van der Waals surface area (Å²) in [4.78, 5) is 33.0. The summed E-state index contributed by atoms with van der Waals surface area (Å²) in [7, 11) is 8.40. The van der Waals surface area contributed by atoms with Crippen LogP contribution in [0.15, 0.2) is 0 Å². The van der Waals surface area contributed by atoms with Crippen molar-refractivity contribution in [1.29, 1.82) is 0 Å². The van der Waals surface area contributed by atoms with Crippen molar-refractivity contribution in [3.63, 3.8) is 0 Å². The number of amides is 2. The Bertz CT molecular complexity index is 434. The van der Waals surface area contributed by atoms with Crippen LogP contribution in [0, 0.1) is 17.8 Å². The topological polar surface area (TPSA) is 47.1 Å². The lowest BCUT2D eigenvalue weighted by Crippen LogP contribution is -2.46. The summed E-state index contributed by atoms with van der Waals surface area (Å²) >= 11 is 0. The van der Waals surface area contributed by atoms with Gasteiger partial charge in [-0.3, -0.25) is 9.59 Å². The molecule has 1 unspecified atom stereocenters. The molecule has 3 atom stereocenters. The van der Waals surface area contributed by atoms with E-state index in [0.29, 0.717) is 18.4 Å². The third-order valence-electron chi connectivity index (χ3n) is 5.30. The number of nitrogens with zero attached hydrogens (tertiary/aromatic N) is 4. The van der Waals surface area contributed by atoms with E-state index in [9.17, 15) is 9.59 Å². The Kier molecular flexibility index (Phi) is 6.63. The molecular weight excluding hydrogens is 304 g/mol. The van der Waals surface area contributed by atoms with Crippen molar-refractivity contribution in [2.45, 2.75) is 19.8 Å². The van der Waals surface area contributed by atoms with Crippen molar-refractivity contribution >= 4 is 11.8 Å². The monoisotopic (exact) mass is 338 g/mol. The summed E-state index contributed by atoms with van der Waals surface area (Å²) in [5, 5.41) is 0. The molecule has 0 aromatic heterocycles. The first-order chi connectivity index (χ1) is 11.3. The van der Waals surface area contributed by atoms with Crippen LogP contribution in [0.3, 0.4) is 0 Å². The molecule has 0 N–H and O–H groups in total. The molecule has 2 saturated heterocycles. The van der Waals surface area contributed by atoms with E-state index in [4.69, 9.17) is 0 Å². The number of likely N-dealkylation sites (tertiary alicyclic amines) is 2. The molecule has 2 rings (SSSR count). The van der Waals surface area contributed by atoms with Gasteiger partial charge in [0.15, 0.2) is 0 Å². The summed E-state index contributed by atoms with van der Waals surface area (Å²) in [5.74, 6) is 1.38. The zero-order chi connectivity index (χ0) is 17.9. The number of piperidine rings is 1. The Hall–Kier alpha value is -1.14. The SMILES string of the molecule is CC(=O)N1CCCC(C(=O)N2C[C@@H](CN(C)C)[C@H](CN(C)C)C2)C1. The summed E-state index contributed by atoms with van der Waals surface area (Å²) < 4.78 is 0. The normalized spacial score (nSPS) is 28.0. The smallest absolute Gasteiger partial charge is 0.227 e. The second-order valence-electron chi connectivity index (χ2n) is 8.09. The van der Waals surface area contributed by atoms with Gasteiger partial charge in [0.25, 0.3) is 0 Å². The third kappa shape index (κ3) is 4.93. The van der Waals surface area contributed by atoms with Crippen LogP contribution in [0.1, 0.15) is 19.8 Å². The lowest BCUT2D eigenvalue weighted by atomic mass is 9.95. The molecule has 24 heavy (non-hydrogen) atoms. The predicted octanol–water partition coefficient (Wildman–Crippen LogP) is 0.443. The highest BCUT2D eigenvalue weighted by Gasteiger charge is 2.38. The molecule has 6 nitrogen and oxygen atoms in total. The van der Waals surface area contributed by atoms with Crippen molar-refractivity contribution in [2.24, 2.45) is 17.8 Å². The van der Waals surface area contributed by atoms with Gasteiger partial charge in [-0.25, -0.2) is 0 Å². The molecule has 0 aromatic carbocycles. The molecule has 0 radical (unpaired) electrons. The maximum atomic E-state index is 13.0. The van der Waals surface area contributed by atoms with Crippen LogP contribution in [0.5, 0.6) is 0 Å². The average molecular weight is 338 g/mol. The van der Waals surface area contributed by atoms with E-state index in [1.54, 1.807) is 6.92 Å². The average Bonchev–Trinajstić information content (AvgIpc) is 2.87. The summed E-state index contributed by atoms with van der Waals surface area (Å²) in [6.07, 6.45) is 1.85. The molecule has 2 fully saturated rings. The highest BCUT2D eigenvalue weighted by Crippen LogP contribution is 2.28. The van der Waals surface area contributed by atoms with E-state index in [2.05, 4.69) is 42.9 Å². The van der Waals surface area contributed by atoms with Gasteiger partial charge >= 0.3 is 0 Å². The highest BCUT2D eigenvalue weighted by molar-refractivity contribution is 5.81. The predicted molar refractivity (Wildman–Crippen MR) is 95.6 cm³/mol. The van der Waals surface area contributed by atoms with Gasteiger partial charge in [-0.2, -0.15) is 0 Å². The Morgan fingerprint density at radius 1 is 0.917 bits per heavy atom. The molecule has 2 heterocycles. The molecule has 0 aromatic rings. The van der Waals surface area contributed by atoms with Gasteiger partial charge < -0.3 is 19.6 Å². The van der Waals surface area contributed by atoms with Gasteiger partial charge in [0, 0.05) is 46.2 Å². The zero-order valence-electron chi connectivity index (χ0n) is 16.0. The minimum Gasteiger partial charge on any atom is -0.342 e. The van der Waals surface area contributed by atoms with Crippen LogP contribution in [-0.4, -0.2) is 98.9 Å². The van der Waals surface area contributed by atoms with Gasteiger partial charge in [-0.1, -0.05) is 0 Å². The molecule has 2 aliphatic heterocycles. The van der Waals surface area contributed by atoms with Crippen molar-refractivity contribution in [1.82, 2.24) is 19.6 Å². The van der Waals surface area contributed by atoms with Gasteiger partial charge in [0.1, 0.15) is 0 Å². The number of carbonyl (C=O) groups excluding carboxylic acids is 2. The molecule has 0 spiro atoms. The van der Waals surface area contributed by atoms with Crippen molar-refractivity contribution in [3.05, 3.63) is 0 Å².